The van der Waals surface area contributed by atoms with E-state index < -0.39 is 23.4 Å². The van der Waals surface area contributed by atoms with Crippen LogP contribution in [-0.2, 0) is 25.6 Å². The van der Waals surface area contributed by atoms with Crippen molar-refractivity contribution in [2.75, 3.05) is 13.2 Å². The Morgan fingerprint density at radius 1 is 1.10 bits per heavy atom. The molecule has 0 saturated heterocycles. The summed E-state index contributed by atoms with van der Waals surface area (Å²) in [7, 11) is 0. The first-order valence-corrected chi connectivity index (χ1v) is 14.8. The maximum atomic E-state index is 12.6. The minimum atomic E-state index is -0.824. The van der Waals surface area contributed by atoms with Crippen molar-refractivity contribution in [3.63, 3.8) is 0 Å². The lowest BCUT2D eigenvalue weighted by atomic mass is 9.89. The molecule has 10 nitrogen and oxygen atoms in total. The van der Waals surface area contributed by atoms with Crippen LogP contribution in [0.2, 0.25) is 0 Å². The minimum Gasteiger partial charge on any atom is -0.458 e. The molecule has 0 radical (unpaired) electrons. The van der Waals surface area contributed by atoms with Gasteiger partial charge in [0.2, 0.25) is 5.91 Å². The fourth-order valence-electron chi connectivity index (χ4n) is 5.06. The summed E-state index contributed by atoms with van der Waals surface area (Å²) in [4.78, 5) is 38.7. The number of rotatable bonds is 20. The van der Waals surface area contributed by atoms with Gasteiger partial charge in [-0.1, -0.05) is 55.0 Å². The number of amides is 1. The van der Waals surface area contributed by atoms with Crippen LogP contribution in [-0.4, -0.2) is 58.6 Å². The standard InChI is InChI=1S/C31H46N2O8/c1-2-32-30(36)16-10-4-3-9-15-26-27(29(35)23-28(26)34)21-20-25(19-18-24-13-7-5-8-14-24)41-31(37)17-11-6-12-22-40-33(38)39/h3,5,7-9,13-14,20-21,25-29,34-35H,2,4,6,10-12,15-19,22-23H2,1H3,(H,32,36)/b9-3+,21-20?/t25?,26-,27-,28+,29-/m1/s1. The molecule has 1 aromatic carbocycles. The van der Waals surface area contributed by atoms with E-state index in [0.29, 0.717) is 57.9 Å². The van der Waals surface area contributed by atoms with Gasteiger partial charge in [0.25, 0.3) is 5.09 Å². The molecule has 3 N–H and O–H groups in total. The number of allylic oxidation sites excluding steroid dienone is 2. The number of esters is 1. The summed E-state index contributed by atoms with van der Waals surface area (Å²) in [6.07, 6.45) is 11.9. The number of carbonyl (C=O) groups excluding carboxylic acids is 2. The number of nitrogens with zero attached hydrogens (tertiary/aromatic N) is 1. The van der Waals surface area contributed by atoms with E-state index in [-0.39, 0.29) is 36.7 Å². The lowest BCUT2D eigenvalue weighted by Crippen LogP contribution is -2.22. The Morgan fingerprint density at radius 3 is 2.61 bits per heavy atom. The van der Waals surface area contributed by atoms with Gasteiger partial charge in [-0.3, -0.25) is 9.59 Å². The molecule has 1 aliphatic rings. The highest BCUT2D eigenvalue weighted by Gasteiger charge is 2.39. The van der Waals surface area contributed by atoms with E-state index in [9.17, 15) is 29.9 Å². The number of hydrogen-bond donors (Lipinski definition) is 3. The number of nitrogens with one attached hydrogen (secondary N) is 1. The number of unbranched alkanes of at least 4 members (excludes halogenated alkanes) is 3. The monoisotopic (exact) mass is 574 g/mol. The number of ether oxygens (including phenoxy) is 1. The molecule has 228 valence electrons. The molecular formula is C31H46N2O8. The fourth-order valence-corrected chi connectivity index (χ4v) is 5.06. The summed E-state index contributed by atoms with van der Waals surface area (Å²) >= 11 is 0. The maximum Gasteiger partial charge on any atom is 0.306 e. The van der Waals surface area contributed by atoms with Gasteiger partial charge >= 0.3 is 5.97 Å². The van der Waals surface area contributed by atoms with Crippen molar-refractivity contribution < 1.29 is 34.5 Å². The second kappa shape index (κ2) is 19.8. The van der Waals surface area contributed by atoms with E-state index in [1.54, 1.807) is 0 Å². The zero-order valence-corrected chi connectivity index (χ0v) is 24.1. The van der Waals surface area contributed by atoms with Gasteiger partial charge < -0.3 is 25.1 Å². The Kier molecular flexibility index (Phi) is 16.4. The van der Waals surface area contributed by atoms with Crippen LogP contribution in [0.1, 0.15) is 76.7 Å². The highest BCUT2D eigenvalue weighted by molar-refractivity contribution is 5.75. The molecule has 1 saturated carbocycles. The number of benzene rings is 1. The van der Waals surface area contributed by atoms with E-state index >= 15 is 0 Å². The topological polar surface area (TPSA) is 148 Å². The normalized spacial score (nSPS) is 21.2. The summed E-state index contributed by atoms with van der Waals surface area (Å²) in [6.45, 7) is 2.52. The van der Waals surface area contributed by atoms with Gasteiger partial charge in [-0.05, 0) is 69.4 Å². The maximum absolute atomic E-state index is 12.6. The summed E-state index contributed by atoms with van der Waals surface area (Å²) in [5, 5.41) is 33.5. The van der Waals surface area contributed by atoms with E-state index in [4.69, 9.17) is 4.74 Å². The van der Waals surface area contributed by atoms with Crippen LogP contribution >= 0.6 is 0 Å². The van der Waals surface area contributed by atoms with Gasteiger partial charge in [-0.2, -0.15) is 0 Å². The average molecular weight is 575 g/mol. The van der Waals surface area contributed by atoms with E-state index in [0.717, 1.165) is 18.4 Å². The van der Waals surface area contributed by atoms with Crippen molar-refractivity contribution in [2.24, 2.45) is 11.8 Å². The predicted octanol–water partition coefficient (Wildman–Crippen LogP) is 4.47. The smallest absolute Gasteiger partial charge is 0.306 e. The van der Waals surface area contributed by atoms with Crippen molar-refractivity contribution in [1.82, 2.24) is 5.32 Å². The van der Waals surface area contributed by atoms with Crippen molar-refractivity contribution in [2.45, 2.75) is 95.9 Å². The number of aliphatic hydroxyl groups excluding tert-OH is 2. The van der Waals surface area contributed by atoms with Crippen LogP contribution in [0.5, 0.6) is 0 Å². The molecule has 10 heteroatoms. The zero-order chi connectivity index (χ0) is 29.9. The molecule has 2 rings (SSSR count). The third-order valence-corrected chi connectivity index (χ3v) is 7.25. The van der Waals surface area contributed by atoms with Crippen molar-refractivity contribution in [3.8, 4) is 0 Å². The fraction of sp³-hybridized carbons (Fsp3) is 0.613. The molecule has 1 aliphatic carbocycles. The molecule has 1 unspecified atom stereocenters. The molecule has 0 aromatic heterocycles. The van der Waals surface area contributed by atoms with Gasteiger partial charge in [0, 0.05) is 31.7 Å². The first-order chi connectivity index (χ1) is 19.8. The van der Waals surface area contributed by atoms with Gasteiger partial charge in [-0.15, -0.1) is 10.1 Å². The van der Waals surface area contributed by atoms with E-state index in [1.807, 2.05) is 61.6 Å². The molecule has 1 fully saturated rings. The Balaban J connectivity index is 1.93. The summed E-state index contributed by atoms with van der Waals surface area (Å²) in [5.74, 6) is -0.732. The molecule has 1 aromatic rings. The summed E-state index contributed by atoms with van der Waals surface area (Å²) in [6, 6.07) is 9.91. The van der Waals surface area contributed by atoms with Crippen molar-refractivity contribution in [3.05, 3.63) is 70.3 Å². The van der Waals surface area contributed by atoms with E-state index in [1.165, 1.54) is 0 Å². The second-order valence-electron chi connectivity index (χ2n) is 10.5. The number of hydrogen-bond acceptors (Lipinski definition) is 8. The lowest BCUT2D eigenvalue weighted by molar-refractivity contribution is -0.757. The van der Waals surface area contributed by atoms with Crippen LogP contribution in [0.4, 0.5) is 0 Å². The molecule has 0 heterocycles. The Hall–Kier alpha value is -3.24. The third-order valence-electron chi connectivity index (χ3n) is 7.25. The molecule has 1 amide bonds. The van der Waals surface area contributed by atoms with Gasteiger partial charge in [0.05, 0.1) is 18.8 Å². The summed E-state index contributed by atoms with van der Waals surface area (Å²) < 4.78 is 5.78. The lowest BCUT2D eigenvalue weighted by Gasteiger charge is -2.21. The Morgan fingerprint density at radius 2 is 1.88 bits per heavy atom. The largest absolute Gasteiger partial charge is 0.458 e. The molecule has 41 heavy (non-hydrogen) atoms. The molecule has 0 spiro atoms. The van der Waals surface area contributed by atoms with Crippen LogP contribution in [0.15, 0.2) is 54.6 Å². The van der Waals surface area contributed by atoms with Crippen LogP contribution < -0.4 is 5.32 Å². The first-order valence-electron chi connectivity index (χ1n) is 14.8. The minimum absolute atomic E-state index is 0.00647. The van der Waals surface area contributed by atoms with E-state index in [2.05, 4.69) is 10.2 Å². The van der Waals surface area contributed by atoms with Crippen LogP contribution in [0.25, 0.3) is 0 Å². The predicted molar refractivity (Wildman–Crippen MR) is 155 cm³/mol. The Bertz CT molecular complexity index is 968. The highest BCUT2D eigenvalue weighted by Crippen LogP contribution is 2.36. The quantitative estimate of drug-likeness (QED) is 0.0679. The average Bonchev–Trinajstić information content (AvgIpc) is 3.21. The first kappa shape index (κ1) is 34.0. The highest BCUT2D eigenvalue weighted by atomic mass is 16.9. The van der Waals surface area contributed by atoms with Crippen molar-refractivity contribution >= 4 is 11.9 Å². The van der Waals surface area contributed by atoms with Gasteiger partial charge in [0.15, 0.2) is 0 Å². The summed E-state index contributed by atoms with van der Waals surface area (Å²) in [5.41, 5.74) is 1.12. The number of carbonyl (C=O) groups is 2. The van der Waals surface area contributed by atoms with Crippen molar-refractivity contribution in [1.29, 1.82) is 0 Å². The number of aryl methyl sites for hydroxylation is 1. The second-order valence-corrected chi connectivity index (χ2v) is 10.5. The molecule has 5 atom stereocenters. The van der Waals surface area contributed by atoms with Gasteiger partial charge in [0.1, 0.15) is 6.10 Å². The molecular weight excluding hydrogens is 528 g/mol. The van der Waals surface area contributed by atoms with Crippen LogP contribution in [0, 0.1) is 22.0 Å². The SMILES string of the molecule is CCNC(=O)CCC/C=C/C[C@@H]1[C@@H](C=CC(CCc2ccccc2)OC(=O)CCCCCO[N+](=O)[O-])[C@H](O)C[C@@H]1O. The van der Waals surface area contributed by atoms with Gasteiger partial charge in [-0.25, -0.2) is 0 Å². The van der Waals surface area contributed by atoms with Crippen LogP contribution in [0.3, 0.4) is 0 Å². The molecule has 0 bridgehead atoms. The Labute approximate surface area is 242 Å². The molecule has 0 aliphatic heterocycles. The third kappa shape index (κ3) is 14.3. The number of aliphatic hydroxyl groups is 2. The zero-order valence-electron chi connectivity index (χ0n) is 24.1.